The van der Waals surface area contributed by atoms with Crippen molar-refractivity contribution in [2.75, 3.05) is 17.7 Å². The molecule has 0 aliphatic carbocycles. The molecule has 21 heavy (non-hydrogen) atoms. The average molecular weight is 307 g/mol. The number of aromatic nitrogens is 2. The third-order valence-electron chi connectivity index (χ3n) is 3.17. The second kappa shape index (κ2) is 6.28. The summed E-state index contributed by atoms with van der Waals surface area (Å²) in [6.45, 7) is 4.14. The van der Waals surface area contributed by atoms with Crippen LogP contribution in [0.4, 0.5) is 11.5 Å². The molecule has 0 amide bonds. The number of aliphatic hydroxyl groups is 1. The fourth-order valence-electron chi connectivity index (χ4n) is 1.94. The molecule has 0 saturated carbocycles. The van der Waals surface area contributed by atoms with Crippen molar-refractivity contribution in [3.05, 3.63) is 46.9 Å². The van der Waals surface area contributed by atoms with E-state index >= 15 is 0 Å². The summed E-state index contributed by atoms with van der Waals surface area (Å²) < 4.78 is 0. The van der Waals surface area contributed by atoms with Crippen LogP contribution in [0.3, 0.4) is 0 Å². The number of nitrogens with zero attached hydrogens (tertiary/aromatic N) is 2. The van der Waals surface area contributed by atoms with Crippen LogP contribution in [0, 0.1) is 0 Å². The molecule has 0 bridgehead atoms. The van der Waals surface area contributed by atoms with Crippen molar-refractivity contribution in [3.8, 4) is 0 Å². The Bertz CT molecular complexity index is 608. The number of hydrogen-bond donors (Lipinski definition) is 3. The first-order valence-corrected chi connectivity index (χ1v) is 7.03. The monoisotopic (exact) mass is 306 g/mol. The Morgan fingerprint density at radius 2 is 1.86 bits per heavy atom. The van der Waals surface area contributed by atoms with E-state index in [-0.39, 0.29) is 0 Å². The van der Waals surface area contributed by atoms with E-state index in [0.717, 1.165) is 11.1 Å². The fraction of sp³-hybridized carbons (Fsp3) is 0.333. The predicted molar refractivity (Wildman–Crippen MR) is 85.6 cm³/mol. The molecule has 2 rings (SSSR count). The predicted octanol–water partition coefficient (Wildman–Crippen LogP) is 3.01. The lowest BCUT2D eigenvalue weighted by atomic mass is 9.97. The lowest BCUT2D eigenvalue weighted by molar-refractivity contribution is 0.0786. The van der Waals surface area contributed by atoms with E-state index < -0.39 is 5.60 Å². The molecule has 0 aliphatic rings. The Labute approximate surface area is 129 Å². The molecule has 1 aromatic carbocycles. The van der Waals surface area contributed by atoms with Gasteiger partial charge in [-0.1, -0.05) is 35.9 Å². The molecule has 1 aromatic heterocycles. The summed E-state index contributed by atoms with van der Waals surface area (Å²) in [5.41, 5.74) is 1.81. The molecule has 0 unspecified atom stereocenters. The molecule has 5 nitrogen and oxygen atoms in total. The minimum atomic E-state index is -0.828. The highest BCUT2D eigenvalue weighted by atomic mass is 35.5. The van der Waals surface area contributed by atoms with E-state index in [4.69, 9.17) is 11.6 Å². The van der Waals surface area contributed by atoms with Crippen molar-refractivity contribution in [2.24, 2.45) is 0 Å². The Hall–Kier alpha value is -1.85. The second-order valence-corrected chi connectivity index (χ2v) is 5.61. The average Bonchev–Trinajstić information content (AvgIpc) is 2.44. The Kier molecular flexibility index (Phi) is 4.65. The summed E-state index contributed by atoms with van der Waals surface area (Å²) in [5.74, 6) is 0.657. The third-order valence-corrected chi connectivity index (χ3v) is 3.46. The van der Waals surface area contributed by atoms with Crippen LogP contribution in [0.25, 0.3) is 0 Å². The minimum Gasteiger partial charge on any atom is -0.386 e. The highest BCUT2D eigenvalue weighted by Gasteiger charge is 2.15. The molecule has 3 N–H and O–H groups in total. The van der Waals surface area contributed by atoms with E-state index in [1.165, 1.54) is 6.33 Å². The van der Waals surface area contributed by atoms with Gasteiger partial charge in [-0.05, 0) is 25.0 Å². The highest BCUT2D eigenvalue weighted by Crippen LogP contribution is 2.26. The van der Waals surface area contributed by atoms with Crippen LogP contribution in [0.15, 0.2) is 30.6 Å². The Balaban J connectivity index is 2.09. The fourth-order valence-corrected chi connectivity index (χ4v) is 2.16. The third kappa shape index (κ3) is 3.83. The van der Waals surface area contributed by atoms with Crippen LogP contribution in [0.2, 0.25) is 5.15 Å². The van der Waals surface area contributed by atoms with Crippen LogP contribution in [-0.2, 0) is 12.1 Å². The Morgan fingerprint density at radius 1 is 1.19 bits per heavy atom. The molecule has 6 heteroatoms. The van der Waals surface area contributed by atoms with Crippen LogP contribution < -0.4 is 10.6 Å². The van der Waals surface area contributed by atoms with Gasteiger partial charge in [0.25, 0.3) is 0 Å². The van der Waals surface area contributed by atoms with Crippen molar-refractivity contribution in [1.29, 1.82) is 0 Å². The molecule has 0 saturated heterocycles. The standard InChI is InChI=1S/C15H19ClN4O/c1-15(2,21)11-6-4-10(5-7-11)8-18-14-12(17-3)13(16)19-9-20-14/h4-7,9,17,21H,8H2,1-3H3,(H,18,19,20). The van der Waals surface area contributed by atoms with Gasteiger partial charge in [0.15, 0.2) is 11.0 Å². The van der Waals surface area contributed by atoms with Gasteiger partial charge in [-0.25, -0.2) is 9.97 Å². The number of hydrogen-bond acceptors (Lipinski definition) is 5. The molecule has 0 spiro atoms. The molecule has 0 radical (unpaired) electrons. The molecular weight excluding hydrogens is 288 g/mol. The zero-order valence-corrected chi connectivity index (χ0v) is 13.1. The smallest absolute Gasteiger partial charge is 0.157 e. The summed E-state index contributed by atoms with van der Waals surface area (Å²) in [6.07, 6.45) is 1.42. The SMILES string of the molecule is CNc1c(Cl)ncnc1NCc1ccc(C(C)(C)O)cc1. The van der Waals surface area contributed by atoms with Gasteiger partial charge in [0.05, 0.1) is 5.60 Å². The molecule has 112 valence electrons. The molecule has 2 aromatic rings. The van der Waals surface area contributed by atoms with Gasteiger partial charge in [0.1, 0.15) is 12.0 Å². The second-order valence-electron chi connectivity index (χ2n) is 5.25. The highest BCUT2D eigenvalue weighted by molar-refractivity contribution is 6.32. The van der Waals surface area contributed by atoms with Gasteiger partial charge in [0.2, 0.25) is 0 Å². The zero-order valence-electron chi connectivity index (χ0n) is 12.3. The van der Waals surface area contributed by atoms with Crippen molar-refractivity contribution in [1.82, 2.24) is 9.97 Å². The van der Waals surface area contributed by atoms with Gasteiger partial charge in [0, 0.05) is 13.6 Å². The van der Waals surface area contributed by atoms with Crippen LogP contribution in [0.5, 0.6) is 0 Å². The van der Waals surface area contributed by atoms with Gasteiger partial charge in [-0.15, -0.1) is 0 Å². The van der Waals surface area contributed by atoms with Crippen LogP contribution >= 0.6 is 11.6 Å². The minimum absolute atomic E-state index is 0.382. The molecular formula is C15H19ClN4O. The van der Waals surface area contributed by atoms with E-state index in [2.05, 4.69) is 20.6 Å². The normalized spacial score (nSPS) is 11.3. The Morgan fingerprint density at radius 3 is 2.43 bits per heavy atom. The maximum Gasteiger partial charge on any atom is 0.157 e. The maximum atomic E-state index is 9.93. The molecule has 0 fully saturated rings. The topological polar surface area (TPSA) is 70.1 Å². The largest absolute Gasteiger partial charge is 0.386 e. The first kappa shape index (κ1) is 15.5. The van der Waals surface area contributed by atoms with Gasteiger partial charge < -0.3 is 15.7 Å². The van der Waals surface area contributed by atoms with Crippen LogP contribution in [0.1, 0.15) is 25.0 Å². The van der Waals surface area contributed by atoms with E-state index in [1.54, 1.807) is 20.9 Å². The number of anilines is 2. The van der Waals surface area contributed by atoms with Gasteiger partial charge >= 0.3 is 0 Å². The summed E-state index contributed by atoms with van der Waals surface area (Å²) in [5, 5.41) is 16.5. The molecule has 0 aliphatic heterocycles. The summed E-state index contributed by atoms with van der Waals surface area (Å²) >= 11 is 6.00. The first-order valence-electron chi connectivity index (χ1n) is 6.65. The van der Waals surface area contributed by atoms with Gasteiger partial charge in [-0.3, -0.25) is 0 Å². The number of nitrogens with one attached hydrogen (secondary N) is 2. The lowest BCUT2D eigenvalue weighted by Crippen LogP contribution is -2.15. The van der Waals surface area contributed by atoms with Crippen molar-refractivity contribution in [3.63, 3.8) is 0 Å². The summed E-state index contributed by atoms with van der Waals surface area (Å²) in [6, 6.07) is 7.79. The zero-order chi connectivity index (χ0) is 15.5. The van der Waals surface area contributed by atoms with E-state index in [1.807, 2.05) is 24.3 Å². The summed E-state index contributed by atoms with van der Waals surface area (Å²) in [4.78, 5) is 8.10. The number of rotatable bonds is 5. The molecule has 1 heterocycles. The number of halogens is 1. The molecule has 0 atom stereocenters. The maximum absolute atomic E-state index is 9.93. The first-order chi connectivity index (χ1) is 9.91. The van der Waals surface area contributed by atoms with Crippen molar-refractivity contribution >= 4 is 23.1 Å². The van der Waals surface area contributed by atoms with Crippen LogP contribution in [-0.4, -0.2) is 22.1 Å². The van der Waals surface area contributed by atoms with Crippen molar-refractivity contribution in [2.45, 2.75) is 26.0 Å². The summed E-state index contributed by atoms with van der Waals surface area (Å²) in [7, 11) is 1.77. The van der Waals surface area contributed by atoms with Crippen molar-refractivity contribution < 1.29 is 5.11 Å². The number of benzene rings is 1. The van der Waals surface area contributed by atoms with E-state index in [0.29, 0.717) is 23.2 Å². The van der Waals surface area contributed by atoms with E-state index in [9.17, 15) is 5.11 Å². The quantitative estimate of drug-likeness (QED) is 0.741. The lowest BCUT2D eigenvalue weighted by Gasteiger charge is -2.18. The van der Waals surface area contributed by atoms with Gasteiger partial charge in [-0.2, -0.15) is 0 Å².